The lowest BCUT2D eigenvalue weighted by molar-refractivity contribution is -0.136. The van der Waals surface area contributed by atoms with Crippen LogP contribution >= 0.6 is 11.6 Å². The Hall–Kier alpha value is -2.21. The lowest BCUT2D eigenvalue weighted by Gasteiger charge is -2.12. The highest BCUT2D eigenvalue weighted by Crippen LogP contribution is 2.43. The van der Waals surface area contributed by atoms with Gasteiger partial charge in [0.2, 0.25) is 0 Å². The van der Waals surface area contributed by atoms with Crippen LogP contribution in [-0.2, 0) is 6.18 Å². The van der Waals surface area contributed by atoms with E-state index in [9.17, 15) is 13.2 Å². The zero-order valence-corrected chi connectivity index (χ0v) is 11.7. The van der Waals surface area contributed by atoms with Gasteiger partial charge < -0.3 is 8.98 Å². The molecule has 7 heteroatoms. The van der Waals surface area contributed by atoms with E-state index in [2.05, 4.69) is 4.99 Å². The van der Waals surface area contributed by atoms with Crippen molar-refractivity contribution in [1.82, 2.24) is 4.57 Å². The van der Waals surface area contributed by atoms with E-state index in [-0.39, 0.29) is 5.39 Å². The molecule has 1 aliphatic rings. The lowest BCUT2D eigenvalue weighted by atomic mass is 10.0. The summed E-state index contributed by atoms with van der Waals surface area (Å²) in [6, 6.07) is 5.82. The van der Waals surface area contributed by atoms with Crippen molar-refractivity contribution in [1.29, 1.82) is 0 Å². The van der Waals surface area contributed by atoms with Crippen LogP contribution in [0.25, 0.3) is 22.0 Å². The highest BCUT2D eigenvalue weighted by Gasteiger charge is 2.35. The molecule has 1 aliphatic heterocycles. The third kappa shape index (κ3) is 1.87. The van der Waals surface area contributed by atoms with Gasteiger partial charge in [-0.1, -0.05) is 11.6 Å². The molecule has 22 heavy (non-hydrogen) atoms. The highest BCUT2D eigenvalue weighted by molar-refractivity contribution is 6.27. The molecule has 3 aromatic rings. The van der Waals surface area contributed by atoms with Gasteiger partial charge in [0.1, 0.15) is 11.3 Å². The number of aromatic nitrogens is 1. The van der Waals surface area contributed by atoms with Gasteiger partial charge in [-0.2, -0.15) is 13.2 Å². The van der Waals surface area contributed by atoms with Gasteiger partial charge in [0, 0.05) is 17.2 Å². The van der Waals surface area contributed by atoms with Crippen molar-refractivity contribution >= 4 is 34.5 Å². The standard InChI is InChI=1S/C15H8ClF3N2O/c16-13-6-20-14-5-10-11(15(17,18)19)3-9(4-12(10)21(13)14)8-1-2-22-7-8/h1-7,13H. The van der Waals surface area contributed by atoms with Crippen LogP contribution in [-0.4, -0.2) is 10.8 Å². The highest BCUT2D eigenvalue weighted by atomic mass is 35.5. The summed E-state index contributed by atoms with van der Waals surface area (Å²) < 4.78 is 46.7. The fourth-order valence-electron chi connectivity index (χ4n) is 2.70. The van der Waals surface area contributed by atoms with Gasteiger partial charge in [0.15, 0.2) is 0 Å². The van der Waals surface area contributed by atoms with Crippen molar-refractivity contribution in [3.05, 3.63) is 42.4 Å². The van der Waals surface area contributed by atoms with Gasteiger partial charge in [-0.3, -0.25) is 0 Å². The minimum atomic E-state index is -4.47. The van der Waals surface area contributed by atoms with Gasteiger partial charge in [0.05, 0.1) is 23.6 Å². The van der Waals surface area contributed by atoms with Crippen LogP contribution in [0.4, 0.5) is 19.0 Å². The van der Waals surface area contributed by atoms with E-state index >= 15 is 0 Å². The summed E-state index contributed by atoms with van der Waals surface area (Å²) in [5, 5.41) is 0.0947. The van der Waals surface area contributed by atoms with E-state index in [4.69, 9.17) is 16.0 Å². The quantitative estimate of drug-likeness (QED) is 0.553. The Bertz CT molecular complexity index is 894. The van der Waals surface area contributed by atoms with Gasteiger partial charge in [-0.05, 0) is 29.8 Å². The third-order valence-electron chi connectivity index (χ3n) is 3.67. The van der Waals surface area contributed by atoms with Gasteiger partial charge >= 0.3 is 6.18 Å². The molecule has 0 bridgehead atoms. The summed E-state index contributed by atoms with van der Waals surface area (Å²) in [4.78, 5) is 4.05. The second-order valence-electron chi connectivity index (χ2n) is 4.99. The van der Waals surface area contributed by atoms with Crippen molar-refractivity contribution in [2.45, 2.75) is 11.7 Å². The average Bonchev–Trinajstić information content (AvgIpc) is 3.14. The van der Waals surface area contributed by atoms with Crippen LogP contribution in [0.5, 0.6) is 0 Å². The van der Waals surface area contributed by atoms with Crippen molar-refractivity contribution in [2.75, 3.05) is 0 Å². The predicted octanol–water partition coefficient (Wildman–Crippen LogP) is 5.37. The van der Waals surface area contributed by atoms with Crippen LogP contribution in [0.2, 0.25) is 0 Å². The molecular formula is C15H8ClF3N2O. The van der Waals surface area contributed by atoms with E-state index in [1.807, 2.05) is 0 Å². The Balaban J connectivity index is 2.08. The maximum absolute atomic E-state index is 13.4. The first-order valence-corrected chi connectivity index (χ1v) is 6.86. The van der Waals surface area contributed by atoms with Crippen LogP contribution in [0.3, 0.4) is 0 Å². The molecule has 0 N–H and O–H groups in total. The van der Waals surface area contributed by atoms with Crippen molar-refractivity contribution in [2.24, 2.45) is 4.99 Å². The van der Waals surface area contributed by atoms with E-state index in [1.165, 1.54) is 24.8 Å². The normalized spacial score (nSPS) is 17.4. The summed E-state index contributed by atoms with van der Waals surface area (Å²) >= 11 is 6.12. The number of furan rings is 1. The second-order valence-corrected chi connectivity index (χ2v) is 5.44. The molecule has 3 heterocycles. The maximum Gasteiger partial charge on any atom is 0.417 e. The average molecular weight is 325 g/mol. The molecule has 1 atom stereocenters. The molecule has 0 amide bonds. The molecule has 0 saturated carbocycles. The molecule has 0 spiro atoms. The Kier molecular flexibility index (Phi) is 2.69. The minimum absolute atomic E-state index is 0.0947. The number of halogens is 4. The van der Waals surface area contributed by atoms with Crippen LogP contribution < -0.4 is 0 Å². The summed E-state index contributed by atoms with van der Waals surface area (Å²) in [6.45, 7) is 0. The first kappa shape index (κ1) is 13.5. The molecule has 112 valence electrons. The first-order valence-electron chi connectivity index (χ1n) is 6.42. The topological polar surface area (TPSA) is 30.4 Å². The first-order chi connectivity index (χ1) is 10.4. The number of alkyl halides is 4. The number of hydrogen-bond donors (Lipinski definition) is 0. The molecule has 3 nitrogen and oxygen atoms in total. The molecular weight excluding hydrogens is 317 g/mol. The molecule has 1 unspecified atom stereocenters. The summed E-state index contributed by atoms with van der Waals surface area (Å²) in [5.41, 5.74) is 0.104. The molecule has 1 aromatic carbocycles. The van der Waals surface area contributed by atoms with Gasteiger partial charge in [0.25, 0.3) is 0 Å². The fraction of sp³-hybridized carbons (Fsp3) is 0.133. The molecule has 0 saturated heterocycles. The van der Waals surface area contributed by atoms with E-state index in [1.54, 1.807) is 16.7 Å². The van der Waals surface area contributed by atoms with Crippen LogP contribution in [0.15, 0.2) is 46.2 Å². The van der Waals surface area contributed by atoms with E-state index in [0.717, 1.165) is 6.07 Å². The smallest absolute Gasteiger partial charge is 0.417 e. The van der Waals surface area contributed by atoms with Crippen LogP contribution in [0.1, 0.15) is 11.1 Å². The number of rotatable bonds is 1. The van der Waals surface area contributed by atoms with Gasteiger partial charge in [-0.25, -0.2) is 4.99 Å². The molecule has 0 aliphatic carbocycles. The lowest BCUT2D eigenvalue weighted by Crippen LogP contribution is -2.06. The van der Waals surface area contributed by atoms with Crippen LogP contribution in [0, 0.1) is 0 Å². The zero-order valence-electron chi connectivity index (χ0n) is 10.9. The fourth-order valence-corrected chi connectivity index (χ4v) is 2.97. The molecule has 4 rings (SSSR count). The summed E-state index contributed by atoms with van der Waals surface area (Å²) in [5.74, 6) is 0.421. The van der Waals surface area contributed by atoms with E-state index < -0.39 is 17.2 Å². The van der Waals surface area contributed by atoms with Crippen molar-refractivity contribution in [3.8, 4) is 11.1 Å². The maximum atomic E-state index is 13.4. The number of hydrogen-bond acceptors (Lipinski definition) is 2. The largest absolute Gasteiger partial charge is 0.472 e. The minimum Gasteiger partial charge on any atom is -0.472 e. The number of aliphatic imine (C=N–C) groups is 1. The van der Waals surface area contributed by atoms with E-state index in [0.29, 0.717) is 22.5 Å². The second kappa shape index (κ2) is 4.39. The Morgan fingerprint density at radius 2 is 2.00 bits per heavy atom. The van der Waals surface area contributed by atoms with Crippen molar-refractivity contribution in [3.63, 3.8) is 0 Å². The monoisotopic (exact) mass is 324 g/mol. The summed E-state index contributed by atoms with van der Waals surface area (Å²) in [7, 11) is 0. The third-order valence-corrected chi connectivity index (χ3v) is 3.98. The SMILES string of the molecule is FC(F)(F)c1cc(-c2ccoc2)cc2c1cc1n2C(Cl)C=N1. The Morgan fingerprint density at radius 3 is 2.68 bits per heavy atom. The zero-order chi connectivity index (χ0) is 15.5. The van der Waals surface area contributed by atoms with Gasteiger partial charge in [-0.15, -0.1) is 0 Å². The Morgan fingerprint density at radius 1 is 1.18 bits per heavy atom. The molecule has 0 radical (unpaired) electrons. The molecule has 2 aromatic heterocycles. The number of nitrogens with zero attached hydrogens (tertiary/aromatic N) is 2. The Labute approximate surface area is 127 Å². The van der Waals surface area contributed by atoms with Crippen molar-refractivity contribution < 1.29 is 17.6 Å². The molecule has 0 fully saturated rings. The number of fused-ring (bicyclic) bond motifs is 3. The summed E-state index contributed by atoms with van der Waals surface area (Å²) in [6.07, 6.45) is -0.146. The predicted molar refractivity (Wildman–Crippen MR) is 77.7 cm³/mol. The number of benzene rings is 1.